The van der Waals surface area contributed by atoms with Crippen LogP contribution in [0.5, 0.6) is 0 Å². The number of amides is 1. The molecule has 2 atom stereocenters. The summed E-state index contributed by atoms with van der Waals surface area (Å²) in [7, 11) is 0. The van der Waals surface area contributed by atoms with Crippen molar-refractivity contribution >= 4 is 30.7 Å². The average Bonchev–Trinajstić information content (AvgIpc) is 2.67. The van der Waals surface area contributed by atoms with Crippen molar-refractivity contribution in [3.8, 4) is 0 Å². The van der Waals surface area contributed by atoms with Crippen LogP contribution < -0.4 is 11.1 Å². The van der Waals surface area contributed by atoms with E-state index in [2.05, 4.69) is 5.32 Å². The summed E-state index contributed by atoms with van der Waals surface area (Å²) in [6.07, 6.45) is 0. The molecule has 0 saturated carbocycles. The van der Waals surface area contributed by atoms with Crippen molar-refractivity contribution in [2.75, 3.05) is 13.1 Å². The van der Waals surface area contributed by atoms with Crippen molar-refractivity contribution in [3.63, 3.8) is 0 Å². The lowest BCUT2D eigenvalue weighted by atomic mass is 9.89. The Labute approximate surface area is 108 Å². The van der Waals surface area contributed by atoms with Gasteiger partial charge in [0.25, 0.3) is 0 Å². The highest BCUT2D eigenvalue weighted by Crippen LogP contribution is 2.27. The first-order valence-corrected chi connectivity index (χ1v) is 4.84. The highest BCUT2D eigenvalue weighted by atomic mass is 35.5. The number of carbonyl (C=O) groups excluding carboxylic acids is 1. The maximum absolute atomic E-state index is 11.2. The van der Waals surface area contributed by atoms with Crippen LogP contribution in [0.2, 0.25) is 0 Å². The molecule has 1 aromatic rings. The van der Waals surface area contributed by atoms with E-state index in [4.69, 9.17) is 5.73 Å². The van der Waals surface area contributed by atoms with Crippen LogP contribution in [-0.2, 0) is 4.79 Å². The van der Waals surface area contributed by atoms with E-state index in [1.54, 1.807) is 0 Å². The van der Waals surface area contributed by atoms with Gasteiger partial charge in [0.15, 0.2) is 0 Å². The summed E-state index contributed by atoms with van der Waals surface area (Å²) in [6.45, 7) is 1.55. The number of nitrogens with one attached hydrogen (secondary N) is 1. The first-order chi connectivity index (χ1) is 6.79. The summed E-state index contributed by atoms with van der Waals surface area (Å²) in [5.74, 6) is -0.0186. The van der Waals surface area contributed by atoms with Gasteiger partial charge >= 0.3 is 0 Å². The number of nitrogens with two attached hydrogens (primary N) is 1. The van der Waals surface area contributed by atoms with Gasteiger partial charge in [0.1, 0.15) is 0 Å². The van der Waals surface area contributed by atoms with Crippen LogP contribution in [0.15, 0.2) is 30.3 Å². The Bertz CT molecular complexity index is 332. The molecule has 1 aromatic carbocycles. The van der Waals surface area contributed by atoms with Crippen LogP contribution in [0.1, 0.15) is 11.5 Å². The first kappa shape index (κ1) is 15.2. The minimum Gasteiger partial charge on any atom is -0.369 e. The second-order valence-corrected chi connectivity index (χ2v) is 3.68. The molecule has 1 aliphatic heterocycles. The fraction of sp³-hybridized carbons (Fsp3) is 0.364. The molecule has 0 aromatic heterocycles. The molecule has 0 radical (unpaired) electrons. The predicted molar refractivity (Wildman–Crippen MR) is 69.2 cm³/mol. The summed E-state index contributed by atoms with van der Waals surface area (Å²) in [5, 5.41) is 3.20. The van der Waals surface area contributed by atoms with Crippen LogP contribution in [-0.4, -0.2) is 19.0 Å². The highest BCUT2D eigenvalue weighted by molar-refractivity contribution is 5.85. The van der Waals surface area contributed by atoms with Crippen molar-refractivity contribution in [2.24, 2.45) is 11.7 Å². The van der Waals surface area contributed by atoms with E-state index >= 15 is 0 Å². The molecule has 3 nitrogen and oxygen atoms in total. The van der Waals surface area contributed by atoms with Crippen LogP contribution in [0.4, 0.5) is 0 Å². The third-order valence-corrected chi connectivity index (χ3v) is 2.81. The second-order valence-electron chi connectivity index (χ2n) is 3.68. The summed E-state index contributed by atoms with van der Waals surface area (Å²) in [6, 6.07) is 10.1. The molecule has 1 amide bonds. The number of rotatable bonds is 2. The largest absolute Gasteiger partial charge is 0.369 e. The minimum atomic E-state index is -0.205. The van der Waals surface area contributed by atoms with Crippen molar-refractivity contribution in [3.05, 3.63) is 35.9 Å². The van der Waals surface area contributed by atoms with Crippen molar-refractivity contribution in [1.29, 1.82) is 0 Å². The fourth-order valence-electron chi connectivity index (χ4n) is 2.03. The van der Waals surface area contributed by atoms with Crippen LogP contribution >= 0.6 is 24.8 Å². The summed E-state index contributed by atoms with van der Waals surface area (Å²) < 4.78 is 0. The number of primary amides is 1. The number of halogens is 2. The van der Waals surface area contributed by atoms with Gasteiger partial charge in [0, 0.05) is 19.0 Å². The maximum Gasteiger partial charge on any atom is 0.222 e. The quantitative estimate of drug-likeness (QED) is 0.845. The second kappa shape index (κ2) is 6.74. The van der Waals surface area contributed by atoms with Crippen molar-refractivity contribution < 1.29 is 4.79 Å². The molecule has 1 heterocycles. The van der Waals surface area contributed by atoms with Gasteiger partial charge in [-0.3, -0.25) is 4.79 Å². The Hall–Kier alpha value is -0.770. The topological polar surface area (TPSA) is 55.1 Å². The molecular formula is C11H16Cl2N2O. The lowest BCUT2D eigenvalue weighted by Crippen LogP contribution is -2.28. The molecule has 2 rings (SSSR count). The van der Waals surface area contributed by atoms with E-state index in [1.165, 1.54) is 5.56 Å². The van der Waals surface area contributed by atoms with Gasteiger partial charge < -0.3 is 11.1 Å². The molecule has 5 heteroatoms. The average molecular weight is 263 g/mol. The molecule has 1 fully saturated rings. The van der Waals surface area contributed by atoms with Gasteiger partial charge in [0.05, 0.1) is 5.92 Å². The predicted octanol–water partition coefficient (Wildman–Crippen LogP) is 1.32. The number of benzene rings is 1. The molecule has 0 aliphatic carbocycles. The number of hydrogen-bond donors (Lipinski definition) is 2. The molecule has 0 bridgehead atoms. The van der Waals surface area contributed by atoms with Gasteiger partial charge in [-0.25, -0.2) is 0 Å². The molecule has 90 valence electrons. The zero-order chi connectivity index (χ0) is 9.97. The van der Waals surface area contributed by atoms with E-state index in [9.17, 15) is 4.79 Å². The molecule has 2 unspecified atom stereocenters. The van der Waals surface area contributed by atoms with Gasteiger partial charge in [-0.05, 0) is 5.56 Å². The van der Waals surface area contributed by atoms with Crippen LogP contribution in [0, 0.1) is 5.92 Å². The first-order valence-electron chi connectivity index (χ1n) is 4.84. The van der Waals surface area contributed by atoms with Gasteiger partial charge in [-0.15, -0.1) is 24.8 Å². The summed E-state index contributed by atoms with van der Waals surface area (Å²) in [4.78, 5) is 11.2. The maximum atomic E-state index is 11.2. The van der Waals surface area contributed by atoms with E-state index in [0.717, 1.165) is 6.54 Å². The van der Waals surface area contributed by atoms with Crippen molar-refractivity contribution in [2.45, 2.75) is 5.92 Å². The van der Waals surface area contributed by atoms with Gasteiger partial charge in [0.2, 0.25) is 5.91 Å². The molecular weight excluding hydrogens is 247 g/mol. The van der Waals surface area contributed by atoms with E-state index in [1.807, 2.05) is 30.3 Å². The Morgan fingerprint density at radius 3 is 2.38 bits per heavy atom. The third-order valence-electron chi connectivity index (χ3n) is 2.81. The van der Waals surface area contributed by atoms with E-state index < -0.39 is 0 Å². The van der Waals surface area contributed by atoms with Crippen LogP contribution in [0.3, 0.4) is 0 Å². The monoisotopic (exact) mass is 262 g/mol. The lowest BCUT2D eigenvalue weighted by Gasteiger charge is -2.15. The molecule has 0 spiro atoms. The number of hydrogen-bond acceptors (Lipinski definition) is 2. The van der Waals surface area contributed by atoms with Crippen LogP contribution in [0.25, 0.3) is 0 Å². The highest BCUT2D eigenvalue weighted by Gasteiger charge is 2.32. The molecule has 1 saturated heterocycles. The third kappa shape index (κ3) is 3.11. The smallest absolute Gasteiger partial charge is 0.222 e. The Morgan fingerprint density at radius 1 is 1.19 bits per heavy atom. The normalized spacial score (nSPS) is 23.0. The summed E-state index contributed by atoms with van der Waals surface area (Å²) >= 11 is 0. The Morgan fingerprint density at radius 2 is 1.81 bits per heavy atom. The minimum absolute atomic E-state index is 0. The van der Waals surface area contributed by atoms with Gasteiger partial charge in [-0.2, -0.15) is 0 Å². The standard InChI is InChI=1S/C11H14N2O.2ClH/c12-11(14)10-7-13-6-9(10)8-4-2-1-3-5-8;;/h1-5,9-10,13H,6-7H2,(H2,12,14);2*1H. The fourth-order valence-corrected chi connectivity index (χ4v) is 2.03. The van der Waals surface area contributed by atoms with Gasteiger partial charge in [-0.1, -0.05) is 30.3 Å². The Kier molecular flexibility index (Phi) is 6.41. The van der Waals surface area contributed by atoms with Crippen molar-refractivity contribution in [1.82, 2.24) is 5.32 Å². The molecule has 1 aliphatic rings. The van der Waals surface area contributed by atoms with E-state index in [-0.39, 0.29) is 42.6 Å². The lowest BCUT2D eigenvalue weighted by molar-refractivity contribution is -0.121. The number of carbonyl (C=O) groups is 1. The zero-order valence-electron chi connectivity index (χ0n) is 8.76. The zero-order valence-corrected chi connectivity index (χ0v) is 10.4. The Balaban J connectivity index is 0.00000112. The molecule has 16 heavy (non-hydrogen) atoms. The molecule has 3 N–H and O–H groups in total. The summed E-state index contributed by atoms with van der Waals surface area (Å²) in [5.41, 5.74) is 6.54. The van der Waals surface area contributed by atoms with E-state index in [0.29, 0.717) is 6.54 Å². The SMILES string of the molecule is Cl.Cl.NC(=O)C1CNCC1c1ccccc1.